The zero-order chi connectivity index (χ0) is 15.5. The third kappa shape index (κ3) is 8.83. The van der Waals surface area contributed by atoms with E-state index in [9.17, 15) is 0 Å². The lowest BCUT2D eigenvalue weighted by atomic mass is 10.0. The second kappa shape index (κ2) is 10.7. The number of nitrogens with two attached hydrogens (primary N) is 2. The Balaban J connectivity index is 2.21. The zero-order valence-corrected chi connectivity index (χ0v) is 13.6. The van der Waals surface area contributed by atoms with Crippen LogP contribution in [-0.4, -0.2) is 25.7 Å². The number of rotatable bonds is 11. The van der Waals surface area contributed by atoms with Crippen LogP contribution in [0.5, 0.6) is 0 Å². The molecule has 1 rings (SSSR count). The van der Waals surface area contributed by atoms with Gasteiger partial charge in [0, 0.05) is 25.7 Å². The molecule has 0 heterocycles. The average molecular weight is 292 g/mol. The predicted octanol–water partition coefficient (Wildman–Crippen LogP) is 1.59. The Morgan fingerprint density at radius 1 is 1.00 bits per heavy atom. The summed E-state index contributed by atoms with van der Waals surface area (Å²) in [6.07, 6.45) is 2.10. The molecule has 0 aliphatic rings. The van der Waals surface area contributed by atoms with E-state index in [0.29, 0.717) is 5.92 Å². The molecule has 0 aliphatic heterocycles. The molecule has 0 aromatic heterocycles. The van der Waals surface area contributed by atoms with Crippen LogP contribution in [-0.2, 0) is 13.1 Å². The Morgan fingerprint density at radius 2 is 1.57 bits per heavy atom. The van der Waals surface area contributed by atoms with E-state index in [1.54, 1.807) is 0 Å². The molecule has 0 bridgehead atoms. The zero-order valence-electron chi connectivity index (χ0n) is 13.6. The summed E-state index contributed by atoms with van der Waals surface area (Å²) in [5.41, 5.74) is 14.1. The van der Waals surface area contributed by atoms with Crippen LogP contribution in [0.4, 0.5) is 0 Å². The van der Waals surface area contributed by atoms with Crippen LogP contribution < -0.4 is 22.1 Å². The fourth-order valence-electron chi connectivity index (χ4n) is 2.33. The second-order valence-corrected chi connectivity index (χ2v) is 6.16. The molecule has 4 heteroatoms. The minimum atomic E-state index is 0.246. The fraction of sp³-hybridized carbons (Fsp3) is 0.647. The maximum absolute atomic E-state index is 6.06. The minimum absolute atomic E-state index is 0.246. The molecule has 6 N–H and O–H groups in total. The monoisotopic (exact) mass is 292 g/mol. The summed E-state index contributed by atoms with van der Waals surface area (Å²) < 4.78 is 0. The van der Waals surface area contributed by atoms with Crippen molar-refractivity contribution in [2.24, 2.45) is 17.4 Å². The van der Waals surface area contributed by atoms with Crippen LogP contribution in [0.3, 0.4) is 0 Å². The minimum Gasteiger partial charge on any atom is -0.330 e. The van der Waals surface area contributed by atoms with E-state index >= 15 is 0 Å². The van der Waals surface area contributed by atoms with Crippen molar-refractivity contribution in [2.45, 2.75) is 45.8 Å². The molecule has 1 aromatic carbocycles. The summed E-state index contributed by atoms with van der Waals surface area (Å²) >= 11 is 0. The van der Waals surface area contributed by atoms with E-state index in [1.165, 1.54) is 11.1 Å². The van der Waals surface area contributed by atoms with Crippen molar-refractivity contribution in [3.63, 3.8) is 0 Å². The Morgan fingerprint density at radius 3 is 2.10 bits per heavy atom. The maximum atomic E-state index is 6.06. The van der Waals surface area contributed by atoms with Gasteiger partial charge in [-0.05, 0) is 43.0 Å². The van der Waals surface area contributed by atoms with Gasteiger partial charge in [0.15, 0.2) is 0 Å². The van der Waals surface area contributed by atoms with Gasteiger partial charge in [0.1, 0.15) is 0 Å². The van der Waals surface area contributed by atoms with Crippen molar-refractivity contribution >= 4 is 0 Å². The number of nitrogens with one attached hydrogen (secondary N) is 2. The summed E-state index contributed by atoms with van der Waals surface area (Å²) in [4.78, 5) is 0. The van der Waals surface area contributed by atoms with Crippen LogP contribution in [0.2, 0.25) is 0 Å². The Hall–Kier alpha value is -0.940. The molecule has 0 amide bonds. The van der Waals surface area contributed by atoms with Gasteiger partial charge < -0.3 is 22.1 Å². The first-order valence-corrected chi connectivity index (χ1v) is 8.06. The summed E-state index contributed by atoms with van der Waals surface area (Å²) in [5.74, 6) is 0.660. The van der Waals surface area contributed by atoms with E-state index in [1.807, 2.05) is 0 Å². The van der Waals surface area contributed by atoms with Crippen molar-refractivity contribution in [1.82, 2.24) is 10.6 Å². The lowest BCUT2D eigenvalue weighted by Crippen LogP contribution is -2.34. The molecule has 0 saturated carbocycles. The van der Waals surface area contributed by atoms with E-state index in [2.05, 4.69) is 48.7 Å². The predicted molar refractivity (Wildman–Crippen MR) is 91.0 cm³/mol. The number of benzene rings is 1. The van der Waals surface area contributed by atoms with Gasteiger partial charge in [0.25, 0.3) is 0 Å². The van der Waals surface area contributed by atoms with Gasteiger partial charge in [-0.3, -0.25) is 0 Å². The summed E-state index contributed by atoms with van der Waals surface area (Å²) in [6, 6.07) is 8.97. The second-order valence-electron chi connectivity index (χ2n) is 6.16. The first-order chi connectivity index (χ1) is 10.1. The average Bonchev–Trinajstić information content (AvgIpc) is 2.44. The Kier molecular flexibility index (Phi) is 9.26. The first kappa shape index (κ1) is 18.1. The van der Waals surface area contributed by atoms with Crippen molar-refractivity contribution in [1.29, 1.82) is 0 Å². The van der Waals surface area contributed by atoms with Crippen LogP contribution in [0, 0.1) is 5.92 Å². The SMILES string of the molecule is CC(C)CC(N)CNCc1ccc(CNCCCN)cc1. The van der Waals surface area contributed by atoms with Crippen LogP contribution in [0.25, 0.3) is 0 Å². The molecule has 21 heavy (non-hydrogen) atoms. The topological polar surface area (TPSA) is 76.1 Å². The van der Waals surface area contributed by atoms with Crippen molar-refractivity contribution in [2.75, 3.05) is 19.6 Å². The number of hydrogen-bond acceptors (Lipinski definition) is 4. The quantitative estimate of drug-likeness (QED) is 0.467. The van der Waals surface area contributed by atoms with Crippen molar-refractivity contribution in [3.8, 4) is 0 Å². The maximum Gasteiger partial charge on any atom is 0.0206 e. The standard InChI is InChI=1S/C17H32N4/c1-14(2)10-17(19)13-21-12-16-6-4-15(5-7-16)11-20-9-3-8-18/h4-7,14,17,20-21H,3,8-13,18-19H2,1-2H3. The molecule has 0 spiro atoms. The highest BCUT2D eigenvalue weighted by Crippen LogP contribution is 2.05. The van der Waals surface area contributed by atoms with Crippen LogP contribution in [0.15, 0.2) is 24.3 Å². The van der Waals surface area contributed by atoms with Crippen molar-refractivity contribution in [3.05, 3.63) is 35.4 Å². The third-order valence-electron chi connectivity index (χ3n) is 3.42. The lowest BCUT2D eigenvalue weighted by molar-refractivity contribution is 0.467. The van der Waals surface area contributed by atoms with E-state index in [0.717, 1.165) is 45.6 Å². The lowest BCUT2D eigenvalue weighted by Gasteiger charge is -2.15. The third-order valence-corrected chi connectivity index (χ3v) is 3.42. The van der Waals surface area contributed by atoms with Gasteiger partial charge >= 0.3 is 0 Å². The highest BCUT2D eigenvalue weighted by Gasteiger charge is 2.04. The molecule has 0 aliphatic carbocycles. The van der Waals surface area contributed by atoms with E-state index < -0.39 is 0 Å². The van der Waals surface area contributed by atoms with Gasteiger partial charge in [-0.15, -0.1) is 0 Å². The van der Waals surface area contributed by atoms with Gasteiger partial charge in [-0.25, -0.2) is 0 Å². The van der Waals surface area contributed by atoms with Crippen LogP contribution >= 0.6 is 0 Å². The number of hydrogen-bond donors (Lipinski definition) is 4. The van der Waals surface area contributed by atoms with Gasteiger partial charge in [0.05, 0.1) is 0 Å². The molecule has 0 radical (unpaired) electrons. The normalized spacial score (nSPS) is 12.8. The molecule has 0 saturated heterocycles. The van der Waals surface area contributed by atoms with Gasteiger partial charge in [-0.1, -0.05) is 38.1 Å². The Bertz CT molecular complexity index is 362. The highest BCUT2D eigenvalue weighted by molar-refractivity contribution is 5.22. The molecule has 0 fully saturated rings. The highest BCUT2D eigenvalue weighted by atomic mass is 14.9. The smallest absolute Gasteiger partial charge is 0.0206 e. The molecule has 1 atom stereocenters. The van der Waals surface area contributed by atoms with Crippen LogP contribution in [0.1, 0.15) is 37.8 Å². The molecule has 120 valence electrons. The molecule has 4 nitrogen and oxygen atoms in total. The Labute approximate surface area is 129 Å². The molecular formula is C17H32N4. The van der Waals surface area contributed by atoms with E-state index in [-0.39, 0.29) is 6.04 Å². The first-order valence-electron chi connectivity index (χ1n) is 8.06. The fourth-order valence-corrected chi connectivity index (χ4v) is 2.33. The summed E-state index contributed by atoms with van der Waals surface area (Å²) in [6.45, 7) is 8.81. The molecule has 1 aromatic rings. The summed E-state index contributed by atoms with van der Waals surface area (Å²) in [7, 11) is 0. The van der Waals surface area contributed by atoms with Gasteiger partial charge in [-0.2, -0.15) is 0 Å². The van der Waals surface area contributed by atoms with Gasteiger partial charge in [0.2, 0.25) is 0 Å². The molecular weight excluding hydrogens is 260 g/mol. The summed E-state index contributed by atoms with van der Waals surface area (Å²) in [5, 5.41) is 6.82. The molecule has 1 unspecified atom stereocenters. The van der Waals surface area contributed by atoms with Crippen molar-refractivity contribution < 1.29 is 0 Å². The van der Waals surface area contributed by atoms with E-state index in [4.69, 9.17) is 11.5 Å². The largest absolute Gasteiger partial charge is 0.330 e.